The van der Waals surface area contributed by atoms with Crippen LogP contribution in [0, 0.1) is 17.7 Å². The summed E-state index contributed by atoms with van der Waals surface area (Å²) in [6, 6.07) is 3.95. The van der Waals surface area contributed by atoms with Gasteiger partial charge < -0.3 is 9.29 Å². The summed E-state index contributed by atoms with van der Waals surface area (Å²) in [6.45, 7) is 0.138. The molecule has 0 N–H and O–H groups in total. The first-order valence-corrected chi connectivity index (χ1v) is 5.62. The van der Waals surface area contributed by atoms with Crippen molar-refractivity contribution in [3.8, 4) is 5.75 Å². The summed E-state index contributed by atoms with van der Waals surface area (Å²) >= 11 is -0.982. The van der Waals surface area contributed by atoms with Gasteiger partial charge in [0.25, 0.3) is 0 Å². The molecule has 5 heteroatoms. The van der Waals surface area contributed by atoms with Crippen LogP contribution in [0.25, 0.3) is 0 Å². The zero-order valence-electron chi connectivity index (χ0n) is 7.55. The predicted octanol–water partition coefficient (Wildman–Crippen LogP) is 1.52. The lowest BCUT2D eigenvalue weighted by molar-refractivity contribution is 0.321. The summed E-state index contributed by atoms with van der Waals surface area (Å²) in [5.74, 6) is -1.30. The fraction of sp³-hybridized carbons (Fsp3) is 0.333. The minimum atomic E-state index is -0.982. The van der Waals surface area contributed by atoms with Crippen molar-refractivity contribution < 1.29 is 18.1 Å². The van der Waals surface area contributed by atoms with Gasteiger partial charge in [-0.2, -0.15) is 0 Å². The van der Waals surface area contributed by atoms with E-state index in [4.69, 9.17) is 4.74 Å². The van der Waals surface area contributed by atoms with Gasteiger partial charge >= 0.3 is 0 Å². The maximum absolute atomic E-state index is 12.9. The van der Waals surface area contributed by atoms with E-state index in [0.717, 1.165) is 6.07 Å². The monoisotopic (exact) mass is 219 g/mol. The van der Waals surface area contributed by atoms with Gasteiger partial charge in [0.1, 0.15) is 18.2 Å². The highest BCUT2D eigenvalue weighted by molar-refractivity contribution is 7.90. The lowest BCUT2D eigenvalue weighted by Gasteiger charge is -2.07. The molecule has 1 aromatic rings. The van der Waals surface area contributed by atoms with E-state index in [1.807, 2.05) is 0 Å². The van der Waals surface area contributed by atoms with Crippen LogP contribution >= 0.6 is 0 Å². The van der Waals surface area contributed by atoms with E-state index in [1.165, 1.54) is 6.26 Å². The third kappa shape index (κ3) is 3.51. The summed E-state index contributed by atoms with van der Waals surface area (Å²) in [5, 5.41) is 0. The molecule has 0 saturated heterocycles. The molecule has 0 aliphatic carbocycles. The van der Waals surface area contributed by atoms with Gasteiger partial charge in [0.2, 0.25) is 0 Å². The van der Waals surface area contributed by atoms with Crippen LogP contribution in [0.4, 0.5) is 8.78 Å². The SMILES string of the molecule is C[S+]([O-])CCOc1c[c]c(F)cc1F. The van der Waals surface area contributed by atoms with Crippen molar-refractivity contribution in [2.24, 2.45) is 0 Å². The molecule has 77 valence electrons. The highest BCUT2D eigenvalue weighted by Gasteiger charge is 2.06. The lowest BCUT2D eigenvalue weighted by atomic mass is 10.3. The summed E-state index contributed by atoms with van der Waals surface area (Å²) in [5.41, 5.74) is 0. The number of hydrogen-bond donors (Lipinski definition) is 0. The number of ether oxygens (including phenoxy) is 1. The largest absolute Gasteiger partial charge is 0.616 e. The third-order valence-electron chi connectivity index (χ3n) is 1.46. The van der Waals surface area contributed by atoms with Crippen molar-refractivity contribution in [1.82, 2.24) is 0 Å². The van der Waals surface area contributed by atoms with Gasteiger partial charge in [0.15, 0.2) is 11.6 Å². The standard InChI is InChI=1S/C9H9F2O2S/c1-14(12)5-4-13-9-3-2-7(10)6-8(9)11/h3,6H,4-5H2,1H3. The van der Waals surface area contributed by atoms with Crippen molar-refractivity contribution in [1.29, 1.82) is 0 Å². The summed E-state index contributed by atoms with van der Waals surface area (Å²) in [7, 11) is 0. The van der Waals surface area contributed by atoms with Gasteiger partial charge in [-0.15, -0.1) is 0 Å². The van der Waals surface area contributed by atoms with Crippen LogP contribution in [0.2, 0.25) is 0 Å². The maximum atomic E-state index is 12.9. The van der Waals surface area contributed by atoms with Crippen LogP contribution in [0.15, 0.2) is 12.1 Å². The molecule has 14 heavy (non-hydrogen) atoms. The Bertz CT molecular complexity index is 305. The summed E-state index contributed by atoms with van der Waals surface area (Å²) in [4.78, 5) is 0. The van der Waals surface area contributed by atoms with Gasteiger partial charge in [-0.1, -0.05) is 11.2 Å². The van der Waals surface area contributed by atoms with E-state index in [9.17, 15) is 13.3 Å². The zero-order chi connectivity index (χ0) is 10.6. The Morgan fingerprint density at radius 1 is 1.57 bits per heavy atom. The van der Waals surface area contributed by atoms with E-state index in [-0.39, 0.29) is 12.4 Å². The molecule has 0 spiro atoms. The Morgan fingerprint density at radius 3 is 2.86 bits per heavy atom. The molecule has 0 heterocycles. The molecule has 1 unspecified atom stereocenters. The smallest absolute Gasteiger partial charge is 0.168 e. The van der Waals surface area contributed by atoms with Crippen LogP contribution in [-0.4, -0.2) is 23.2 Å². The normalized spacial score (nSPS) is 12.6. The molecule has 0 fully saturated rings. The minimum Gasteiger partial charge on any atom is -0.616 e. The maximum Gasteiger partial charge on any atom is 0.168 e. The van der Waals surface area contributed by atoms with Crippen LogP contribution in [0.1, 0.15) is 0 Å². The predicted molar refractivity (Wildman–Crippen MR) is 49.6 cm³/mol. The second kappa shape index (κ2) is 5.17. The Labute approximate surface area is 84.1 Å². The topological polar surface area (TPSA) is 32.3 Å². The average Bonchev–Trinajstić information content (AvgIpc) is 2.08. The van der Waals surface area contributed by atoms with Crippen LogP contribution in [0.3, 0.4) is 0 Å². The minimum absolute atomic E-state index is 0.0724. The molecule has 0 aliphatic heterocycles. The molecule has 1 radical (unpaired) electrons. The number of halogens is 2. The second-order valence-electron chi connectivity index (χ2n) is 2.62. The number of benzene rings is 1. The fourth-order valence-corrected chi connectivity index (χ4v) is 1.13. The molecule has 1 rings (SSSR count). The van der Waals surface area contributed by atoms with Gasteiger partial charge in [0, 0.05) is 12.1 Å². The average molecular weight is 219 g/mol. The molecule has 1 atom stereocenters. The van der Waals surface area contributed by atoms with E-state index in [2.05, 4.69) is 6.07 Å². The van der Waals surface area contributed by atoms with Crippen molar-refractivity contribution in [2.45, 2.75) is 0 Å². The quantitative estimate of drug-likeness (QED) is 0.719. The fourth-order valence-electron chi connectivity index (χ4n) is 0.807. The first-order chi connectivity index (χ1) is 6.59. The molecule has 0 saturated carbocycles. The highest BCUT2D eigenvalue weighted by atomic mass is 32.2. The molecule has 0 bridgehead atoms. The molecule has 0 aliphatic rings. The Kier molecular flexibility index (Phi) is 4.16. The molecule has 0 aromatic heterocycles. The van der Waals surface area contributed by atoms with Gasteiger partial charge in [-0.3, -0.25) is 0 Å². The van der Waals surface area contributed by atoms with Crippen molar-refractivity contribution in [2.75, 3.05) is 18.6 Å². The Balaban J connectivity index is 2.51. The van der Waals surface area contributed by atoms with Crippen LogP contribution in [-0.2, 0) is 11.2 Å². The second-order valence-corrected chi connectivity index (χ2v) is 4.17. The van der Waals surface area contributed by atoms with E-state index < -0.39 is 22.8 Å². The molecule has 1 aromatic carbocycles. The highest BCUT2D eigenvalue weighted by Crippen LogP contribution is 2.16. The molecular weight excluding hydrogens is 210 g/mol. The third-order valence-corrected chi connectivity index (χ3v) is 2.20. The van der Waals surface area contributed by atoms with Gasteiger partial charge in [-0.25, -0.2) is 8.78 Å². The molecule has 2 nitrogen and oxygen atoms in total. The summed E-state index contributed by atoms with van der Waals surface area (Å²) < 4.78 is 40.9. The van der Waals surface area contributed by atoms with E-state index >= 15 is 0 Å². The van der Waals surface area contributed by atoms with Gasteiger partial charge in [-0.05, 0) is 6.07 Å². The van der Waals surface area contributed by atoms with Gasteiger partial charge in [0.05, 0.1) is 6.26 Å². The first-order valence-electron chi connectivity index (χ1n) is 3.89. The van der Waals surface area contributed by atoms with Crippen LogP contribution < -0.4 is 4.74 Å². The van der Waals surface area contributed by atoms with E-state index in [0.29, 0.717) is 11.8 Å². The zero-order valence-corrected chi connectivity index (χ0v) is 8.37. The van der Waals surface area contributed by atoms with Crippen molar-refractivity contribution >= 4 is 11.2 Å². The van der Waals surface area contributed by atoms with E-state index in [1.54, 1.807) is 0 Å². The molecular formula is C9H9F2O2S. The van der Waals surface area contributed by atoms with Crippen molar-refractivity contribution in [3.05, 3.63) is 29.8 Å². The number of hydrogen-bond acceptors (Lipinski definition) is 2. The van der Waals surface area contributed by atoms with Crippen molar-refractivity contribution in [3.63, 3.8) is 0 Å². The lowest BCUT2D eigenvalue weighted by Crippen LogP contribution is -2.12. The molecule has 0 amide bonds. The number of rotatable bonds is 4. The Morgan fingerprint density at radius 2 is 2.29 bits per heavy atom. The van der Waals surface area contributed by atoms with Crippen LogP contribution in [0.5, 0.6) is 5.75 Å². The Hall–Kier alpha value is -0.810. The summed E-state index contributed by atoms with van der Waals surface area (Å²) in [6.07, 6.45) is 1.52. The first kappa shape index (κ1) is 11.3.